The van der Waals surface area contributed by atoms with Crippen LogP contribution in [0.15, 0.2) is 54.0 Å². The summed E-state index contributed by atoms with van der Waals surface area (Å²) in [6.45, 7) is 16.1. The molecule has 1 aromatic rings. The van der Waals surface area contributed by atoms with E-state index in [1.807, 2.05) is 25.1 Å². The van der Waals surface area contributed by atoms with Crippen LogP contribution < -0.4 is 11.1 Å². The van der Waals surface area contributed by atoms with Crippen LogP contribution >= 0.6 is 0 Å². The number of nitrogens with one attached hydrogen (secondary N) is 1. The van der Waals surface area contributed by atoms with Crippen LogP contribution in [0.1, 0.15) is 58.3 Å². The maximum atomic E-state index is 5.94. The fourth-order valence-electron chi connectivity index (χ4n) is 2.43. The summed E-state index contributed by atoms with van der Waals surface area (Å²) in [6, 6.07) is 6.11. The second kappa shape index (κ2) is 11.1. The Morgan fingerprint density at radius 3 is 2.65 bits per heavy atom. The molecule has 0 aliphatic carbocycles. The van der Waals surface area contributed by atoms with Crippen LogP contribution in [0, 0.1) is 0 Å². The summed E-state index contributed by atoms with van der Waals surface area (Å²) in [6.07, 6.45) is 4.77. The van der Waals surface area contributed by atoms with Gasteiger partial charge in [-0.25, -0.2) is 9.98 Å². The Kier molecular flexibility index (Phi) is 9.20. The summed E-state index contributed by atoms with van der Waals surface area (Å²) in [5.41, 5.74) is 8.40. The predicted octanol–water partition coefficient (Wildman–Crippen LogP) is 4.53. The molecule has 5 heteroatoms. The Balaban J connectivity index is 3.03. The average Bonchev–Trinajstić information content (AvgIpc) is 2.61. The number of hydrogen-bond donors (Lipinski definition) is 2. The van der Waals surface area contributed by atoms with Gasteiger partial charge in [-0.15, -0.1) is 0 Å². The van der Waals surface area contributed by atoms with Crippen molar-refractivity contribution in [3.63, 3.8) is 0 Å². The Labute approximate surface area is 157 Å². The third kappa shape index (κ3) is 7.13. The minimum atomic E-state index is 0.307. The van der Waals surface area contributed by atoms with Crippen molar-refractivity contribution in [3.8, 4) is 0 Å². The van der Waals surface area contributed by atoms with E-state index < -0.39 is 0 Å². The van der Waals surface area contributed by atoms with Crippen LogP contribution in [-0.4, -0.2) is 16.9 Å². The highest BCUT2D eigenvalue weighted by atomic mass is 16.5. The lowest BCUT2D eigenvalue weighted by molar-refractivity contribution is 0.201. The van der Waals surface area contributed by atoms with Gasteiger partial charge in [-0.2, -0.15) is 0 Å². The van der Waals surface area contributed by atoms with Crippen LogP contribution in [0.5, 0.6) is 0 Å². The maximum absolute atomic E-state index is 5.94. The first-order chi connectivity index (χ1) is 12.4. The van der Waals surface area contributed by atoms with Gasteiger partial charge in [-0.3, -0.25) is 0 Å². The molecule has 5 nitrogen and oxygen atoms in total. The molecular weight excluding hydrogens is 324 g/mol. The molecule has 3 N–H and O–H groups in total. The molecule has 1 atom stereocenters. The van der Waals surface area contributed by atoms with Gasteiger partial charge < -0.3 is 15.8 Å². The van der Waals surface area contributed by atoms with Crippen molar-refractivity contribution in [2.75, 3.05) is 0 Å². The molecule has 1 heterocycles. The lowest BCUT2D eigenvalue weighted by Crippen LogP contribution is -2.29. The first-order valence-corrected chi connectivity index (χ1v) is 9.09. The fourth-order valence-corrected chi connectivity index (χ4v) is 2.43. The van der Waals surface area contributed by atoms with E-state index in [2.05, 4.69) is 42.3 Å². The second-order valence-corrected chi connectivity index (χ2v) is 6.29. The molecule has 0 radical (unpaired) electrons. The standard InChI is InChI=1S/C21H32N4O/c1-7-11-17(8-2)25-21(23-16(6)22)20(9-3)26-14-18-12-10-13-19(24-18)15(4)5/h9-10,12-13,17,25H,3-4,7-8,11,14H2,1-2,5-6H3,(H2,22,23)/b21-20-. The van der Waals surface area contributed by atoms with Crippen LogP contribution in [-0.2, 0) is 11.3 Å². The normalized spacial score (nSPS) is 13.6. The molecule has 0 aromatic carbocycles. The van der Waals surface area contributed by atoms with Crippen LogP contribution in [0.25, 0.3) is 5.57 Å². The summed E-state index contributed by atoms with van der Waals surface area (Å²) in [4.78, 5) is 8.95. The summed E-state index contributed by atoms with van der Waals surface area (Å²) in [5, 5.41) is 3.43. The van der Waals surface area contributed by atoms with Gasteiger partial charge in [0.15, 0.2) is 11.6 Å². The molecule has 142 valence electrons. The summed E-state index contributed by atoms with van der Waals surface area (Å²) in [5.74, 6) is 1.63. The third-order valence-electron chi connectivity index (χ3n) is 3.80. The van der Waals surface area contributed by atoms with Gasteiger partial charge in [0.05, 0.1) is 17.2 Å². The van der Waals surface area contributed by atoms with Crippen molar-refractivity contribution < 1.29 is 4.74 Å². The molecule has 0 amide bonds. The van der Waals surface area contributed by atoms with Crippen LogP contribution in [0.3, 0.4) is 0 Å². The molecular formula is C21H32N4O. The van der Waals surface area contributed by atoms with Gasteiger partial charge in [0.1, 0.15) is 6.61 Å². The van der Waals surface area contributed by atoms with Crippen molar-refractivity contribution in [1.82, 2.24) is 10.3 Å². The van der Waals surface area contributed by atoms with Crippen LogP contribution in [0.2, 0.25) is 0 Å². The highest BCUT2D eigenvalue weighted by Crippen LogP contribution is 2.15. The van der Waals surface area contributed by atoms with E-state index in [-0.39, 0.29) is 0 Å². The quantitative estimate of drug-likeness (QED) is 0.264. The number of ether oxygens (including phenoxy) is 1. The Morgan fingerprint density at radius 2 is 2.12 bits per heavy atom. The first-order valence-electron chi connectivity index (χ1n) is 9.09. The number of nitrogens with two attached hydrogens (primary N) is 1. The molecule has 1 rings (SSSR count). The SMILES string of the molecule is C=C/C(OCc1cccc(C(=C)C)n1)=C(\N=C(C)N)NC(CC)CCC. The van der Waals surface area contributed by atoms with Gasteiger partial charge in [0.2, 0.25) is 0 Å². The molecule has 1 unspecified atom stereocenters. The zero-order valence-electron chi connectivity index (χ0n) is 16.5. The number of nitrogens with zero attached hydrogens (tertiary/aromatic N) is 2. The molecule has 0 fully saturated rings. The Bertz CT molecular complexity index is 672. The Hall–Kier alpha value is -2.56. The predicted molar refractivity (Wildman–Crippen MR) is 110 cm³/mol. The smallest absolute Gasteiger partial charge is 0.170 e. The zero-order chi connectivity index (χ0) is 19.5. The van der Waals surface area contributed by atoms with E-state index in [0.29, 0.717) is 30.1 Å². The zero-order valence-corrected chi connectivity index (χ0v) is 16.5. The topological polar surface area (TPSA) is 72.5 Å². The maximum Gasteiger partial charge on any atom is 0.170 e. The second-order valence-electron chi connectivity index (χ2n) is 6.29. The third-order valence-corrected chi connectivity index (χ3v) is 3.80. The van der Waals surface area contributed by atoms with Gasteiger partial charge in [0.25, 0.3) is 0 Å². The van der Waals surface area contributed by atoms with Gasteiger partial charge in [0, 0.05) is 6.04 Å². The summed E-state index contributed by atoms with van der Waals surface area (Å²) >= 11 is 0. The first kappa shape index (κ1) is 21.5. The van der Waals surface area contributed by atoms with Gasteiger partial charge >= 0.3 is 0 Å². The van der Waals surface area contributed by atoms with Crippen molar-refractivity contribution in [2.24, 2.45) is 10.7 Å². The number of aromatic nitrogens is 1. The van der Waals surface area contributed by atoms with E-state index in [1.165, 1.54) is 0 Å². The minimum absolute atomic E-state index is 0.307. The molecule has 0 saturated carbocycles. The molecule has 0 spiro atoms. The number of amidine groups is 1. The number of rotatable bonds is 11. The molecule has 0 aliphatic heterocycles. The minimum Gasteiger partial charge on any atom is -0.483 e. The monoisotopic (exact) mass is 356 g/mol. The van der Waals surface area contributed by atoms with E-state index >= 15 is 0 Å². The van der Waals surface area contributed by atoms with E-state index in [4.69, 9.17) is 10.5 Å². The number of pyridine rings is 1. The van der Waals surface area contributed by atoms with E-state index in [0.717, 1.165) is 36.2 Å². The summed E-state index contributed by atoms with van der Waals surface area (Å²) in [7, 11) is 0. The molecule has 26 heavy (non-hydrogen) atoms. The van der Waals surface area contributed by atoms with E-state index in [1.54, 1.807) is 13.0 Å². The highest BCUT2D eigenvalue weighted by Gasteiger charge is 2.12. The molecule has 1 aromatic heterocycles. The van der Waals surface area contributed by atoms with Crippen molar-refractivity contribution in [3.05, 3.63) is 60.4 Å². The Morgan fingerprint density at radius 1 is 1.38 bits per heavy atom. The van der Waals surface area contributed by atoms with E-state index in [9.17, 15) is 0 Å². The number of aliphatic imine (C=N–C) groups is 1. The van der Waals surface area contributed by atoms with Crippen LogP contribution in [0.4, 0.5) is 0 Å². The number of allylic oxidation sites excluding steroid dienone is 2. The fraction of sp³-hybridized carbons (Fsp3) is 0.429. The van der Waals surface area contributed by atoms with Gasteiger partial charge in [-0.05, 0) is 50.5 Å². The molecule has 0 saturated heterocycles. The van der Waals surface area contributed by atoms with Gasteiger partial charge in [-0.1, -0.05) is 39.5 Å². The van der Waals surface area contributed by atoms with Crippen molar-refractivity contribution in [1.29, 1.82) is 0 Å². The van der Waals surface area contributed by atoms with Crippen molar-refractivity contribution in [2.45, 2.75) is 59.6 Å². The lowest BCUT2D eigenvalue weighted by atomic mass is 10.1. The highest BCUT2D eigenvalue weighted by molar-refractivity contribution is 5.78. The largest absolute Gasteiger partial charge is 0.483 e. The summed E-state index contributed by atoms with van der Waals surface area (Å²) < 4.78 is 5.94. The van der Waals surface area contributed by atoms with Crippen molar-refractivity contribution >= 4 is 11.4 Å². The molecule has 0 bridgehead atoms. The lowest BCUT2D eigenvalue weighted by Gasteiger charge is -2.20. The molecule has 0 aliphatic rings. The average molecular weight is 357 g/mol. The number of hydrogen-bond acceptors (Lipinski definition) is 4.